The average molecular weight is 236 g/mol. The summed E-state index contributed by atoms with van der Waals surface area (Å²) in [6, 6.07) is 4.43. The van der Waals surface area contributed by atoms with E-state index < -0.39 is 0 Å². The maximum Gasteiger partial charge on any atom is 0.120 e. The van der Waals surface area contributed by atoms with E-state index >= 15 is 0 Å². The summed E-state index contributed by atoms with van der Waals surface area (Å²) >= 11 is 2.01. The van der Waals surface area contributed by atoms with Gasteiger partial charge in [0.05, 0.1) is 0 Å². The maximum absolute atomic E-state index is 8.83. The zero-order valence-corrected chi connectivity index (χ0v) is 6.66. The Kier molecular flexibility index (Phi) is 1.80. The van der Waals surface area contributed by atoms with Crippen LogP contribution in [0.3, 0.4) is 0 Å². The normalized spacial score (nSPS) is 9.44. The van der Waals surface area contributed by atoms with Crippen molar-refractivity contribution in [3.8, 4) is 11.5 Å². The van der Waals surface area contributed by atoms with Crippen LogP contribution in [0.2, 0.25) is 0 Å². The Labute approximate surface area is 66.3 Å². The predicted molar refractivity (Wildman–Crippen MR) is 42.5 cm³/mol. The van der Waals surface area contributed by atoms with E-state index in [-0.39, 0.29) is 11.5 Å². The molecule has 0 saturated carbocycles. The topological polar surface area (TPSA) is 40.5 Å². The summed E-state index contributed by atoms with van der Waals surface area (Å²) in [6.45, 7) is 0. The van der Waals surface area contributed by atoms with Gasteiger partial charge in [0.15, 0.2) is 0 Å². The minimum atomic E-state index is 0.0967. The maximum atomic E-state index is 8.83. The van der Waals surface area contributed by atoms with Gasteiger partial charge in [0, 0.05) is 9.64 Å². The van der Waals surface area contributed by atoms with E-state index in [2.05, 4.69) is 0 Å². The summed E-state index contributed by atoms with van der Waals surface area (Å²) in [5.74, 6) is 0.193. The Bertz CT molecular complexity index is 172. The molecule has 0 heterocycles. The fraction of sp³-hybridized carbons (Fsp3) is 0. The molecular formula is C6H5IO2. The number of phenols is 2. The number of hydrogen-bond donors (Lipinski definition) is 2. The van der Waals surface area contributed by atoms with E-state index in [0.29, 0.717) is 0 Å². The number of phenolic OH excluding ortho intramolecular Hbond substituents is 2. The molecule has 3 heteroatoms. The van der Waals surface area contributed by atoms with Crippen LogP contribution in [0, 0.1) is 3.57 Å². The molecule has 0 aromatic heterocycles. The van der Waals surface area contributed by atoms with Crippen LogP contribution in [-0.2, 0) is 0 Å². The van der Waals surface area contributed by atoms with Crippen molar-refractivity contribution in [2.75, 3.05) is 0 Å². The van der Waals surface area contributed by atoms with Crippen LogP contribution >= 0.6 is 22.6 Å². The van der Waals surface area contributed by atoms with Crippen molar-refractivity contribution in [2.24, 2.45) is 0 Å². The zero-order chi connectivity index (χ0) is 6.85. The number of benzene rings is 1. The van der Waals surface area contributed by atoms with Gasteiger partial charge in [0.1, 0.15) is 11.5 Å². The Hall–Kier alpha value is -0.450. The van der Waals surface area contributed by atoms with Gasteiger partial charge in [-0.1, -0.05) is 0 Å². The quantitative estimate of drug-likeness (QED) is 0.673. The first kappa shape index (κ1) is 6.67. The molecule has 0 amide bonds. The average Bonchev–Trinajstić information content (AvgIpc) is 1.59. The lowest BCUT2D eigenvalue weighted by atomic mass is 10.3. The summed E-state index contributed by atoms with van der Waals surface area (Å²) in [4.78, 5) is 0. The molecule has 2 nitrogen and oxygen atoms in total. The summed E-state index contributed by atoms with van der Waals surface area (Å²) < 4.78 is 0.824. The third-order valence-corrected chi connectivity index (χ3v) is 1.49. The summed E-state index contributed by atoms with van der Waals surface area (Å²) in [5.41, 5.74) is 0. The molecule has 1 aromatic carbocycles. The molecule has 1 aromatic rings. The van der Waals surface area contributed by atoms with Gasteiger partial charge < -0.3 is 10.2 Å². The molecule has 0 fully saturated rings. The van der Waals surface area contributed by atoms with E-state index in [0.717, 1.165) is 3.57 Å². The third-order valence-electron chi connectivity index (χ3n) is 0.867. The second kappa shape index (κ2) is 2.43. The summed E-state index contributed by atoms with van der Waals surface area (Å²) in [5, 5.41) is 17.7. The lowest BCUT2D eigenvalue weighted by Crippen LogP contribution is -1.69. The Morgan fingerprint density at radius 1 is 1.00 bits per heavy atom. The predicted octanol–water partition coefficient (Wildman–Crippen LogP) is 1.70. The second-order valence-electron chi connectivity index (χ2n) is 1.67. The Morgan fingerprint density at radius 3 is 1.78 bits per heavy atom. The minimum absolute atomic E-state index is 0.0967. The van der Waals surface area contributed by atoms with Crippen LogP contribution in [0.1, 0.15) is 0 Å². The second-order valence-corrected chi connectivity index (χ2v) is 2.91. The Morgan fingerprint density at radius 2 is 1.44 bits per heavy atom. The van der Waals surface area contributed by atoms with Gasteiger partial charge in [-0.15, -0.1) is 0 Å². The monoisotopic (exact) mass is 236 g/mol. The largest absolute Gasteiger partial charge is 0.508 e. The van der Waals surface area contributed by atoms with Crippen molar-refractivity contribution < 1.29 is 10.2 Å². The highest BCUT2D eigenvalue weighted by atomic mass is 127. The highest BCUT2D eigenvalue weighted by Gasteiger charge is 1.93. The molecule has 0 aliphatic rings. The summed E-state index contributed by atoms with van der Waals surface area (Å²) in [7, 11) is 0. The molecule has 0 aliphatic heterocycles. The SMILES string of the molecule is Oc1cc(O)cc(I)c1. The van der Waals surface area contributed by atoms with Crippen LogP contribution in [0.25, 0.3) is 0 Å². The number of rotatable bonds is 0. The molecule has 2 N–H and O–H groups in total. The van der Waals surface area contributed by atoms with Gasteiger partial charge in [0.2, 0.25) is 0 Å². The van der Waals surface area contributed by atoms with E-state index in [9.17, 15) is 0 Å². The third kappa shape index (κ3) is 1.74. The number of aromatic hydroxyl groups is 2. The lowest BCUT2D eigenvalue weighted by Gasteiger charge is -1.93. The first-order chi connectivity index (χ1) is 4.18. The van der Waals surface area contributed by atoms with Crippen LogP contribution < -0.4 is 0 Å². The highest BCUT2D eigenvalue weighted by molar-refractivity contribution is 14.1. The van der Waals surface area contributed by atoms with Gasteiger partial charge in [0.25, 0.3) is 0 Å². The molecule has 0 radical (unpaired) electrons. The molecule has 0 atom stereocenters. The molecule has 0 bridgehead atoms. The molecule has 48 valence electrons. The minimum Gasteiger partial charge on any atom is -0.508 e. The highest BCUT2D eigenvalue weighted by Crippen LogP contribution is 2.20. The first-order valence-corrected chi connectivity index (χ1v) is 3.45. The fourth-order valence-corrected chi connectivity index (χ4v) is 1.20. The Balaban J connectivity index is 3.17. The van der Waals surface area contributed by atoms with Crippen LogP contribution in [0.4, 0.5) is 0 Å². The molecule has 0 aliphatic carbocycles. The van der Waals surface area contributed by atoms with Gasteiger partial charge in [-0.05, 0) is 34.7 Å². The summed E-state index contributed by atoms with van der Waals surface area (Å²) in [6.07, 6.45) is 0. The van der Waals surface area contributed by atoms with Crippen LogP contribution in [0.15, 0.2) is 18.2 Å². The van der Waals surface area contributed by atoms with E-state index in [4.69, 9.17) is 10.2 Å². The van der Waals surface area contributed by atoms with Crippen molar-refractivity contribution in [3.63, 3.8) is 0 Å². The van der Waals surface area contributed by atoms with Crippen molar-refractivity contribution in [2.45, 2.75) is 0 Å². The number of hydrogen-bond acceptors (Lipinski definition) is 2. The van der Waals surface area contributed by atoms with E-state index in [1.807, 2.05) is 22.6 Å². The van der Waals surface area contributed by atoms with Crippen LogP contribution in [0.5, 0.6) is 11.5 Å². The molecular weight excluding hydrogens is 231 g/mol. The molecule has 9 heavy (non-hydrogen) atoms. The molecule has 0 spiro atoms. The van der Waals surface area contributed by atoms with Crippen molar-refractivity contribution >= 4 is 22.6 Å². The number of halogens is 1. The first-order valence-electron chi connectivity index (χ1n) is 2.37. The van der Waals surface area contributed by atoms with Gasteiger partial charge in [-0.25, -0.2) is 0 Å². The van der Waals surface area contributed by atoms with Crippen molar-refractivity contribution in [1.29, 1.82) is 0 Å². The van der Waals surface area contributed by atoms with Crippen molar-refractivity contribution in [1.82, 2.24) is 0 Å². The molecule has 1 rings (SSSR count). The fourth-order valence-electron chi connectivity index (χ4n) is 0.559. The van der Waals surface area contributed by atoms with E-state index in [1.54, 1.807) is 12.1 Å². The van der Waals surface area contributed by atoms with Gasteiger partial charge >= 0.3 is 0 Å². The van der Waals surface area contributed by atoms with E-state index in [1.165, 1.54) is 6.07 Å². The standard InChI is InChI=1S/C6H5IO2/c7-4-1-5(8)3-6(9)2-4/h1-3,8-9H. The molecule has 0 saturated heterocycles. The van der Waals surface area contributed by atoms with Gasteiger partial charge in [-0.2, -0.15) is 0 Å². The zero-order valence-electron chi connectivity index (χ0n) is 4.50. The smallest absolute Gasteiger partial charge is 0.120 e. The molecule has 0 unspecified atom stereocenters. The van der Waals surface area contributed by atoms with Gasteiger partial charge in [-0.3, -0.25) is 0 Å². The van der Waals surface area contributed by atoms with Crippen molar-refractivity contribution in [3.05, 3.63) is 21.8 Å². The van der Waals surface area contributed by atoms with Crippen LogP contribution in [-0.4, -0.2) is 10.2 Å². The lowest BCUT2D eigenvalue weighted by molar-refractivity contribution is 0.450.